The van der Waals surface area contributed by atoms with Crippen LogP contribution in [0, 0.1) is 6.92 Å². The summed E-state index contributed by atoms with van der Waals surface area (Å²) in [7, 11) is 0. The van der Waals surface area contributed by atoms with E-state index in [9.17, 15) is 13.6 Å². The fourth-order valence-corrected chi connectivity index (χ4v) is 1.30. The molecule has 14 heavy (non-hydrogen) atoms. The third-order valence-electron chi connectivity index (χ3n) is 1.70. The van der Waals surface area contributed by atoms with Crippen molar-refractivity contribution in [3.8, 4) is 0 Å². The SMILES string of the molecule is Cc1nc(N)cc(C(=O)Cl)c1C(F)F. The zero-order chi connectivity index (χ0) is 10.9. The topological polar surface area (TPSA) is 56.0 Å². The molecule has 2 N–H and O–H groups in total. The number of anilines is 1. The van der Waals surface area contributed by atoms with Crippen molar-refractivity contribution in [2.75, 3.05) is 5.73 Å². The van der Waals surface area contributed by atoms with Gasteiger partial charge in [0.1, 0.15) is 5.82 Å². The van der Waals surface area contributed by atoms with Gasteiger partial charge >= 0.3 is 0 Å². The largest absolute Gasteiger partial charge is 0.384 e. The number of aromatic nitrogens is 1. The van der Waals surface area contributed by atoms with Gasteiger partial charge in [0.05, 0.1) is 5.56 Å². The summed E-state index contributed by atoms with van der Waals surface area (Å²) in [5, 5.41) is -0.961. The highest BCUT2D eigenvalue weighted by Crippen LogP contribution is 2.27. The van der Waals surface area contributed by atoms with Crippen molar-refractivity contribution in [1.29, 1.82) is 0 Å². The van der Waals surface area contributed by atoms with Crippen LogP contribution in [-0.2, 0) is 0 Å². The monoisotopic (exact) mass is 220 g/mol. The number of pyridine rings is 1. The van der Waals surface area contributed by atoms with E-state index in [4.69, 9.17) is 17.3 Å². The number of nitrogen functional groups attached to an aromatic ring is 1. The smallest absolute Gasteiger partial charge is 0.266 e. The molecule has 0 saturated carbocycles. The van der Waals surface area contributed by atoms with Gasteiger partial charge < -0.3 is 5.73 Å². The predicted molar refractivity (Wildman–Crippen MR) is 48.5 cm³/mol. The van der Waals surface area contributed by atoms with Crippen LogP contribution in [0.3, 0.4) is 0 Å². The molecule has 76 valence electrons. The van der Waals surface area contributed by atoms with Gasteiger partial charge in [-0.05, 0) is 24.6 Å². The lowest BCUT2D eigenvalue weighted by atomic mass is 10.1. The maximum absolute atomic E-state index is 12.5. The first kappa shape index (κ1) is 10.8. The number of nitrogens with two attached hydrogens (primary N) is 1. The standard InChI is InChI=1S/C8H7ClF2N2O/c1-3-6(8(10)11)4(7(9)14)2-5(12)13-3/h2,8H,1H3,(H2,12,13). The quantitative estimate of drug-likeness (QED) is 0.778. The van der Waals surface area contributed by atoms with E-state index in [2.05, 4.69) is 4.98 Å². The van der Waals surface area contributed by atoms with Crippen molar-refractivity contribution in [2.45, 2.75) is 13.3 Å². The Morgan fingerprint density at radius 3 is 2.64 bits per heavy atom. The Hall–Kier alpha value is -1.23. The van der Waals surface area contributed by atoms with Gasteiger partial charge in [-0.15, -0.1) is 0 Å². The molecule has 0 aromatic carbocycles. The molecule has 0 aliphatic rings. The summed E-state index contributed by atoms with van der Waals surface area (Å²) in [4.78, 5) is 14.4. The Labute approximate surface area is 83.9 Å². The maximum Gasteiger partial charge on any atom is 0.266 e. The Morgan fingerprint density at radius 1 is 1.64 bits per heavy atom. The van der Waals surface area contributed by atoms with Crippen LogP contribution in [0.2, 0.25) is 0 Å². The van der Waals surface area contributed by atoms with Crippen molar-refractivity contribution < 1.29 is 13.6 Å². The van der Waals surface area contributed by atoms with Crippen LogP contribution in [0.15, 0.2) is 6.07 Å². The minimum Gasteiger partial charge on any atom is -0.384 e. The number of hydrogen-bond acceptors (Lipinski definition) is 3. The molecule has 0 saturated heterocycles. The van der Waals surface area contributed by atoms with Crippen molar-refractivity contribution in [2.24, 2.45) is 0 Å². The van der Waals surface area contributed by atoms with Gasteiger partial charge in [0, 0.05) is 11.3 Å². The van der Waals surface area contributed by atoms with Crippen molar-refractivity contribution >= 4 is 22.7 Å². The molecule has 1 rings (SSSR count). The number of rotatable bonds is 2. The molecular formula is C8H7ClF2N2O. The lowest BCUT2D eigenvalue weighted by molar-refractivity contribution is 0.106. The Bertz CT molecular complexity index is 382. The van der Waals surface area contributed by atoms with Crippen LogP contribution >= 0.6 is 11.6 Å². The highest BCUT2D eigenvalue weighted by Gasteiger charge is 2.21. The summed E-state index contributed by atoms with van der Waals surface area (Å²) < 4.78 is 25.0. The predicted octanol–water partition coefficient (Wildman–Crippen LogP) is 2.29. The number of alkyl halides is 2. The Balaban J connectivity index is 3.44. The van der Waals surface area contributed by atoms with Crippen LogP contribution in [0.5, 0.6) is 0 Å². The van der Waals surface area contributed by atoms with Gasteiger partial charge in [-0.2, -0.15) is 0 Å². The fourth-order valence-electron chi connectivity index (χ4n) is 1.14. The number of halogens is 3. The van der Waals surface area contributed by atoms with Crippen molar-refractivity contribution in [1.82, 2.24) is 4.98 Å². The van der Waals surface area contributed by atoms with Crippen molar-refractivity contribution in [3.05, 3.63) is 22.9 Å². The molecule has 0 aliphatic heterocycles. The number of carbonyl (C=O) groups excluding carboxylic acids is 1. The minimum atomic E-state index is -2.79. The summed E-state index contributed by atoms with van der Waals surface area (Å²) in [6.45, 7) is 1.35. The zero-order valence-electron chi connectivity index (χ0n) is 7.22. The molecule has 0 aliphatic carbocycles. The van der Waals surface area contributed by atoms with Crippen LogP contribution in [0.4, 0.5) is 14.6 Å². The van der Waals surface area contributed by atoms with Crippen molar-refractivity contribution in [3.63, 3.8) is 0 Å². The van der Waals surface area contributed by atoms with E-state index < -0.39 is 17.2 Å². The lowest BCUT2D eigenvalue weighted by Crippen LogP contribution is -2.06. The molecule has 1 aromatic heterocycles. The summed E-state index contributed by atoms with van der Waals surface area (Å²) in [5.41, 5.74) is 4.57. The number of nitrogens with zero attached hydrogens (tertiary/aromatic N) is 1. The summed E-state index contributed by atoms with van der Waals surface area (Å²) in [5.74, 6) is -0.00380. The third-order valence-corrected chi connectivity index (χ3v) is 1.90. The van der Waals surface area contributed by atoms with E-state index in [-0.39, 0.29) is 17.1 Å². The van der Waals surface area contributed by atoms with E-state index >= 15 is 0 Å². The summed E-state index contributed by atoms with van der Waals surface area (Å²) in [6, 6.07) is 1.05. The van der Waals surface area contributed by atoms with Gasteiger partial charge in [-0.3, -0.25) is 4.79 Å². The molecule has 0 radical (unpaired) electrons. The number of hydrogen-bond donors (Lipinski definition) is 1. The zero-order valence-corrected chi connectivity index (χ0v) is 7.98. The van der Waals surface area contributed by atoms with Crippen LogP contribution in [0.25, 0.3) is 0 Å². The van der Waals surface area contributed by atoms with Gasteiger partial charge in [0.25, 0.3) is 11.7 Å². The molecule has 0 fully saturated rings. The van der Waals surface area contributed by atoms with Crippen LogP contribution in [-0.4, -0.2) is 10.2 Å². The van der Waals surface area contributed by atoms with Gasteiger partial charge in [-0.25, -0.2) is 13.8 Å². The lowest BCUT2D eigenvalue weighted by Gasteiger charge is -2.08. The first-order chi connectivity index (χ1) is 6.43. The van der Waals surface area contributed by atoms with E-state index in [1.54, 1.807) is 0 Å². The average Bonchev–Trinajstić information content (AvgIpc) is 2.01. The van der Waals surface area contributed by atoms with E-state index in [1.165, 1.54) is 6.92 Å². The molecular weight excluding hydrogens is 214 g/mol. The van der Waals surface area contributed by atoms with Crippen LogP contribution in [0.1, 0.15) is 28.0 Å². The molecule has 0 spiro atoms. The normalized spacial score (nSPS) is 10.6. The second-order valence-electron chi connectivity index (χ2n) is 2.67. The van der Waals surface area contributed by atoms with E-state index in [0.717, 1.165) is 6.07 Å². The molecule has 1 aromatic rings. The third kappa shape index (κ3) is 1.98. The Morgan fingerprint density at radius 2 is 2.21 bits per heavy atom. The maximum atomic E-state index is 12.5. The fraction of sp³-hybridized carbons (Fsp3) is 0.250. The molecule has 0 atom stereocenters. The minimum absolute atomic E-state index is 0.00380. The summed E-state index contributed by atoms with van der Waals surface area (Å²) >= 11 is 5.14. The van der Waals surface area contributed by atoms with Gasteiger partial charge in [0.15, 0.2) is 0 Å². The number of aryl methyl sites for hydroxylation is 1. The molecule has 0 amide bonds. The van der Waals surface area contributed by atoms with E-state index in [1.807, 2.05) is 0 Å². The molecule has 6 heteroatoms. The molecule has 1 heterocycles. The first-order valence-electron chi connectivity index (χ1n) is 3.68. The Kier molecular flexibility index (Phi) is 3.00. The number of carbonyl (C=O) groups is 1. The van der Waals surface area contributed by atoms with Gasteiger partial charge in [-0.1, -0.05) is 0 Å². The van der Waals surface area contributed by atoms with Crippen LogP contribution < -0.4 is 5.73 Å². The first-order valence-corrected chi connectivity index (χ1v) is 4.06. The molecule has 0 bridgehead atoms. The summed E-state index contributed by atoms with van der Waals surface area (Å²) in [6.07, 6.45) is -2.79. The average molecular weight is 221 g/mol. The highest BCUT2D eigenvalue weighted by molar-refractivity contribution is 6.68. The molecule has 3 nitrogen and oxygen atoms in total. The highest BCUT2D eigenvalue weighted by atomic mass is 35.5. The van der Waals surface area contributed by atoms with E-state index in [0.29, 0.717) is 0 Å². The second-order valence-corrected chi connectivity index (χ2v) is 3.01. The molecule has 0 unspecified atom stereocenters. The second kappa shape index (κ2) is 3.88. The van der Waals surface area contributed by atoms with Gasteiger partial charge in [0.2, 0.25) is 0 Å².